The van der Waals surface area contributed by atoms with Crippen molar-refractivity contribution in [2.75, 3.05) is 25.5 Å². The molecule has 0 bridgehead atoms. The lowest BCUT2D eigenvalue weighted by Crippen LogP contribution is -2.42. The van der Waals surface area contributed by atoms with Crippen molar-refractivity contribution in [1.82, 2.24) is 10.2 Å². The fourth-order valence-electron chi connectivity index (χ4n) is 3.61. The van der Waals surface area contributed by atoms with E-state index < -0.39 is 23.7 Å². The van der Waals surface area contributed by atoms with Gasteiger partial charge in [-0.1, -0.05) is 30.5 Å². The number of nitrogens with one attached hydrogen (secondary N) is 2. The van der Waals surface area contributed by atoms with Gasteiger partial charge in [-0.05, 0) is 52.2 Å². The number of fused-ring (bicyclic) bond motifs is 1. The lowest BCUT2D eigenvalue weighted by Gasteiger charge is -2.24. The van der Waals surface area contributed by atoms with E-state index in [1.54, 1.807) is 0 Å². The Balaban J connectivity index is 1.84. The van der Waals surface area contributed by atoms with Crippen LogP contribution in [0.5, 0.6) is 0 Å². The first-order valence-electron chi connectivity index (χ1n) is 11.3. The third-order valence-corrected chi connectivity index (χ3v) is 5.18. The first-order valence-corrected chi connectivity index (χ1v) is 11.3. The number of methoxy groups -OCH3 is 1. The Bertz CT molecular complexity index is 803. The standard InChI is InChI=1S/C24H37N3O5/c1-17-10-11-19-18(14-17)16-27(22(29)20(26-19)15-21(28)31-5)13-9-7-6-8-12-25-23(30)32-24(2,3)4/h10-11,14,20,26H,6-9,12-13,15-16H2,1-5H3,(H,25,30)/t20-/m0/s1. The minimum Gasteiger partial charge on any atom is -0.469 e. The molecule has 2 amide bonds. The quantitative estimate of drug-likeness (QED) is 0.442. The van der Waals surface area contributed by atoms with Crippen LogP contribution < -0.4 is 10.6 Å². The maximum atomic E-state index is 13.1. The number of hydrogen-bond donors (Lipinski definition) is 2. The molecule has 1 aliphatic rings. The van der Waals surface area contributed by atoms with Gasteiger partial charge in [0.25, 0.3) is 0 Å². The number of ether oxygens (including phenoxy) is 2. The largest absolute Gasteiger partial charge is 0.469 e. The van der Waals surface area contributed by atoms with Gasteiger partial charge < -0.3 is 25.0 Å². The highest BCUT2D eigenvalue weighted by molar-refractivity contribution is 5.90. The third kappa shape index (κ3) is 8.40. The van der Waals surface area contributed by atoms with Gasteiger partial charge >= 0.3 is 12.1 Å². The lowest BCUT2D eigenvalue weighted by atomic mass is 10.1. The highest BCUT2D eigenvalue weighted by atomic mass is 16.6. The van der Waals surface area contributed by atoms with E-state index >= 15 is 0 Å². The molecule has 2 N–H and O–H groups in total. The van der Waals surface area contributed by atoms with E-state index in [0.717, 1.165) is 42.5 Å². The molecule has 8 heteroatoms. The van der Waals surface area contributed by atoms with Gasteiger partial charge in [-0.3, -0.25) is 9.59 Å². The fraction of sp³-hybridized carbons (Fsp3) is 0.625. The number of esters is 1. The van der Waals surface area contributed by atoms with E-state index in [0.29, 0.717) is 19.6 Å². The molecule has 32 heavy (non-hydrogen) atoms. The summed E-state index contributed by atoms with van der Waals surface area (Å²) in [4.78, 5) is 38.4. The predicted molar refractivity (Wildman–Crippen MR) is 123 cm³/mol. The summed E-state index contributed by atoms with van der Waals surface area (Å²) in [5.74, 6) is -0.500. The summed E-state index contributed by atoms with van der Waals surface area (Å²) >= 11 is 0. The number of amides is 2. The number of carbonyl (C=O) groups is 3. The molecule has 0 aliphatic carbocycles. The molecule has 0 saturated heterocycles. The van der Waals surface area contributed by atoms with Gasteiger partial charge in [-0.25, -0.2) is 4.79 Å². The summed E-state index contributed by atoms with van der Waals surface area (Å²) in [7, 11) is 1.33. The zero-order valence-corrected chi connectivity index (χ0v) is 20.0. The van der Waals surface area contributed by atoms with E-state index in [2.05, 4.69) is 16.7 Å². The first kappa shape index (κ1) is 25.5. The minimum atomic E-state index is -0.635. The molecule has 1 aromatic rings. The summed E-state index contributed by atoms with van der Waals surface area (Å²) in [6.07, 6.45) is 3.18. The van der Waals surface area contributed by atoms with Gasteiger partial charge in [-0.15, -0.1) is 0 Å². The second kappa shape index (κ2) is 11.7. The molecule has 0 aromatic heterocycles. The molecule has 8 nitrogen and oxygen atoms in total. The normalized spacial score (nSPS) is 16.0. The molecule has 0 fully saturated rings. The van der Waals surface area contributed by atoms with Crippen molar-refractivity contribution in [2.45, 2.75) is 78.0 Å². The van der Waals surface area contributed by atoms with E-state index in [1.807, 2.05) is 44.7 Å². The van der Waals surface area contributed by atoms with Crippen molar-refractivity contribution in [3.63, 3.8) is 0 Å². The van der Waals surface area contributed by atoms with Crippen LogP contribution in [0.4, 0.5) is 10.5 Å². The van der Waals surface area contributed by atoms with E-state index in [4.69, 9.17) is 9.47 Å². The number of anilines is 1. The number of nitrogens with zero attached hydrogens (tertiary/aromatic N) is 1. The molecule has 1 aromatic carbocycles. The molecule has 0 spiro atoms. The monoisotopic (exact) mass is 447 g/mol. The minimum absolute atomic E-state index is 0.00448. The first-order chi connectivity index (χ1) is 15.1. The Morgan fingerprint density at radius 1 is 1.19 bits per heavy atom. The predicted octanol–water partition coefficient (Wildman–Crippen LogP) is 3.77. The number of unbranched alkanes of at least 4 members (excludes halogenated alkanes) is 3. The summed E-state index contributed by atoms with van der Waals surface area (Å²) in [6, 6.07) is 5.39. The topological polar surface area (TPSA) is 97.0 Å². The molecule has 0 unspecified atom stereocenters. The van der Waals surface area contributed by atoms with Crippen molar-refractivity contribution in [3.05, 3.63) is 29.3 Å². The number of hydrogen-bond acceptors (Lipinski definition) is 6. The molecular weight excluding hydrogens is 410 g/mol. The molecule has 1 atom stereocenters. The summed E-state index contributed by atoms with van der Waals surface area (Å²) in [5, 5.41) is 6.00. The molecule has 178 valence electrons. The Kier molecular flexibility index (Phi) is 9.35. The van der Waals surface area contributed by atoms with E-state index in [9.17, 15) is 14.4 Å². The summed E-state index contributed by atoms with van der Waals surface area (Å²) < 4.78 is 9.99. The van der Waals surface area contributed by atoms with Crippen molar-refractivity contribution in [1.29, 1.82) is 0 Å². The Morgan fingerprint density at radius 3 is 2.59 bits per heavy atom. The lowest BCUT2D eigenvalue weighted by molar-refractivity contribution is -0.144. The number of alkyl carbamates (subject to hydrolysis) is 1. The van der Waals surface area contributed by atoms with Crippen LogP contribution >= 0.6 is 0 Å². The SMILES string of the molecule is COC(=O)C[C@@H]1Nc2ccc(C)cc2CN(CCCCCCNC(=O)OC(C)(C)C)C1=O. The van der Waals surface area contributed by atoms with Crippen molar-refractivity contribution in [3.8, 4) is 0 Å². The van der Waals surface area contributed by atoms with Crippen LogP contribution in [0, 0.1) is 6.92 Å². The van der Waals surface area contributed by atoms with E-state index in [-0.39, 0.29) is 12.3 Å². The smallest absolute Gasteiger partial charge is 0.407 e. The highest BCUT2D eigenvalue weighted by Crippen LogP contribution is 2.25. The number of aryl methyl sites for hydroxylation is 1. The van der Waals surface area contributed by atoms with Crippen molar-refractivity contribution < 1.29 is 23.9 Å². The third-order valence-electron chi connectivity index (χ3n) is 5.18. The highest BCUT2D eigenvalue weighted by Gasteiger charge is 2.30. The van der Waals surface area contributed by atoms with Gasteiger partial charge in [-0.2, -0.15) is 0 Å². The van der Waals surface area contributed by atoms with Crippen LogP contribution in [-0.4, -0.2) is 54.7 Å². The zero-order valence-electron chi connectivity index (χ0n) is 20.0. The van der Waals surface area contributed by atoms with Crippen molar-refractivity contribution in [2.24, 2.45) is 0 Å². The van der Waals surface area contributed by atoms with Crippen molar-refractivity contribution >= 4 is 23.7 Å². The van der Waals surface area contributed by atoms with Crippen LogP contribution in [-0.2, 0) is 25.6 Å². The fourth-order valence-corrected chi connectivity index (χ4v) is 3.61. The maximum absolute atomic E-state index is 13.1. The Hall–Kier alpha value is -2.77. The summed E-state index contributed by atoms with van der Waals surface area (Å²) in [5.41, 5.74) is 2.56. The average Bonchev–Trinajstić information content (AvgIpc) is 2.82. The van der Waals surface area contributed by atoms with Gasteiger partial charge in [0, 0.05) is 25.3 Å². The van der Waals surface area contributed by atoms with Crippen LogP contribution in [0.25, 0.3) is 0 Å². The van der Waals surface area contributed by atoms with Gasteiger partial charge in [0.1, 0.15) is 11.6 Å². The maximum Gasteiger partial charge on any atom is 0.407 e. The number of benzene rings is 1. The number of rotatable bonds is 9. The van der Waals surface area contributed by atoms with Crippen LogP contribution in [0.1, 0.15) is 64.0 Å². The van der Waals surface area contributed by atoms with Gasteiger partial charge in [0.05, 0.1) is 13.5 Å². The molecule has 0 radical (unpaired) electrons. The number of carbonyl (C=O) groups excluding carboxylic acids is 3. The zero-order chi connectivity index (χ0) is 23.7. The second-order valence-corrected chi connectivity index (χ2v) is 9.24. The average molecular weight is 448 g/mol. The van der Waals surface area contributed by atoms with E-state index in [1.165, 1.54) is 7.11 Å². The van der Waals surface area contributed by atoms with Crippen LogP contribution in [0.3, 0.4) is 0 Å². The second-order valence-electron chi connectivity index (χ2n) is 9.24. The molecular formula is C24H37N3O5. The van der Waals surface area contributed by atoms with Crippen LogP contribution in [0.15, 0.2) is 18.2 Å². The Labute approximate surface area is 191 Å². The molecule has 1 heterocycles. The summed E-state index contributed by atoms with van der Waals surface area (Å²) in [6.45, 7) is 9.22. The van der Waals surface area contributed by atoms with Gasteiger partial charge in [0.15, 0.2) is 0 Å². The molecule has 1 aliphatic heterocycles. The van der Waals surface area contributed by atoms with Gasteiger partial charge in [0.2, 0.25) is 5.91 Å². The van der Waals surface area contributed by atoms with Crippen LogP contribution in [0.2, 0.25) is 0 Å². The molecule has 2 rings (SSSR count). The molecule has 0 saturated carbocycles. The Morgan fingerprint density at radius 2 is 1.91 bits per heavy atom.